The Hall–Kier alpha value is -0.120. The predicted molar refractivity (Wildman–Crippen MR) is 61.7 cm³/mol. The van der Waals surface area contributed by atoms with Gasteiger partial charge in [0.2, 0.25) is 0 Å². The smallest absolute Gasteiger partial charge is 0.0584 e. The third-order valence-electron chi connectivity index (χ3n) is 3.14. The Kier molecular flexibility index (Phi) is 5.58. The Labute approximate surface area is 92.9 Å². The van der Waals surface area contributed by atoms with Crippen molar-refractivity contribution in [2.24, 2.45) is 5.92 Å². The zero-order chi connectivity index (χ0) is 11.3. The summed E-state index contributed by atoms with van der Waals surface area (Å²) < 4.78 is 0. The summed E-state index contributed by atoms with van der Waals surface area (Å²) in [5.74, 6) is 0.615. The SMILES string of the molecule is CC(C)CC(CO)NC1CCC(O)CC1. The molecule has 1 saturated carbocycles. The van der Waals surface area contributed by atoms with Crippen LogP contribution in [0.4, 0.5) is 0 Å². The Balaban J connectivity index is 2.25. The lowest BCUT2D eigenvalue weighted by atomic mass is 9.92. The van der Waals surface area contributed by atoms with Crippen molar-refractivity contribution in [2.45, 2.75) is 64.1 Å². The number of aliphatic hydroxyl groups excluding tert-OH is 2. The number of nitrogens with one attached hydrogen (secondary N) is 1. The van der Waals surface area contributed by atoms with Gasteiger partial charge in [-0.2, -0.15) is 0 Å². The minimum absolute atomic E-state index is 0.0966. The lowest BCUT2D eigenvalue weighted by Gasteiger charge is -2.30. The van der Waals surface area contributed by atoms with Gasteiger partial charge in [0, 0.05) is 12.1 Å². The molecule has 3 heteroatoms. The van der Waals surface area contributed by atoms with E-state index < -0.39 is 0 Å². The van der Waals surface area contributed by atoms with Crippen LogP contribution in [0.1, 0.15) is 46.0 Å². The molecule has 0 radical (unpaired) electrons. The molecule has 0 bridgehead atoms. The van der Waals surface area contributed by atoms with Crippen molar-refractivity contribution in [2.75, 3.05) is 6.61 Å². The van der Waals surface area contributed by atoms with Gasteiger partial charge < -0.3 is 15.5 Å². The first-order valence-electron chi connectivity index (χ1n) is 6.16. The lowest BCUT2D eigenvalue weighted by Crippen LogP contribution is -2.43. The molecule has 3 nitrogen and oxygen atoms in total. The second-order valence-corrected chi connectivity index (χ2v) is 5.18. The average Bonchev–Trinajstić information content (AvgIpc) is 2.19. The van der Waals surface area contributed by atoms with Crippen molar-refractivity contribution in [1.82, 2.24) is 5.32 Å². The van der Waals surface area contributed by atoms with Crippen LogP contribution in [0, 0.1) is 5.92 Å². The van der Waals surface area contributed by atoms with Crippen molar-refractivity contribution in [3.05, 3.63) is 0 Å². The fraction of sp³-hybridized carbons (Fsp3) is 1.00. The van der Waals surface area contributed by atoms with Crippen LogP contribution in [0.25, 0.3) is 0 Å². The summed E-state index contributed by atoms with van der Waals surface area (Å²) in [6.07, 6.45) is 4.80. The topological polar surface area (TPSA) is 52.5 Å². The second-order valence-electron chi connectivity index (χ2n) is 5.18. The molecule has 0 aliphatic heterocycles. The average molecular weight is 215 g/mol. The Morgan fingerprint density at radius 3 is 2.27 bits per heavy atom. The molecule has 0 heterocycles. The molecule has 1 aliphatic carbocycles. The van der Waals surface area contributed by atoms with Crippen LogP contribution in [-0.4, -0.2) is 35.0 Å². The van der Waals surface area contributed by atoms with E-state index in [1.807, 2.05) is 0 Å². The summed E-state index contributed by atoms with van der Waals surface area (Å²) >= 11 is 0. The molecular formula is C12H25NO2. The maximum Gasteiger partial charge on any atom is 0.0584 e. The van der Waals surface area contributed by atoms with Gasteiger partial charge in [0.25, 0.3) is 0 Å². The van der Waals surface area contributed by atoms with Gasteiger partial charge >= 0.3 is 0 Å². The van der Waals surface area contributed by atoms with Crippen molar-refractivity contribution in [3.8, 4) is 0 Å². The maximum absolute atomic E-state index is 9.39. The highest BCUT2D eigenvalue weighted by Crippen LogP contribution is 2.19. The third-order valence-corrected chi connectivity index (χ3v) is 3.14. The van der Waals surface area contributed by atoms with Gasteiger partial charge in [-0.3, -0.25) is 0 Å². The van der Waals surface area contributed by atoms with Crippen molar-refractivity contribution in [1.29, 1.82) is 0 Å². The molecule has 1 fully saturated rings. The molecule has 0 spiro atoms. The van der Waals surface area contributed by atoms with Crippen LogP contribution in [-0.2, 0) is 0 Å². The van der Waals surface area contributed by atoms with E-state index >= 15 is 0 Å². The fourth-order valence-corrected chi connectivity index (χ4v) is 2.34. The van der Waals surface area contributed by atoms with Crippen LogP contribution in [0.5, 0.6) is 0 Å². The van der Waals surface area contributed by atoms with E-state index in [4.69, 9.17) is 0 Å². The molecular weight excluding hydrogens is 190 g/mol. The molecule has 0 amide bonds. The monoisotopic (exact) mass is 215 g/mol. The minimum atomic E-state index is -0.0966. The van der Waals surface area contributed by atoms with Gasteiger partial charge in [0.05, 0.1) is 12.7 Å². The molecule has 90 valence electrons. The zero-order valence-corrected chi connectivity index (χ0v) is 9.95. The summed E-state index contributed by atoms with van der Waals surface area (Å²) in [5, 5.41) is 22.1. The number of hydrogen-bond acceptors (Lipinski definition) is 3. The highest BCUT2D eigenvalue weighted by Gasteiger charge is 2.21. The van der Waals surface area contributed by atoms with Gasteiger partial charge in [0.1, 0.15) is 0 Å². The Morgan fingerprint density at radius 1 is 1.20 bits per heavy atom. The number of hydrogen-bond donors (Lipinski definition) is 3. The zero-order valence-electron chi connectivity index (χ0n) is 9.95. The van der Waals surface area contributed by atoms with Gasteiger partial charge in [-0.05, 0) is 38.0 Å². The fourth-order valence-electron chi connectivity index (χ4n) is 2.34. The quantitative estimate of drug-likeness (QED) is 0.647. The van der Waals surface area contributed by atoms with Crippen LogP contribution in [0.15, 0.2) is 0 Å². The summed E-state index contributed by atoms with van der Waals surface area (Å²) in [6, 6.07) is 0.717. The van der Waals surface area contributed by atoms with Gasteiger partial charge in [-0.1, -0.05) is 13.8 Å². The van der Waals surface area contributed by atoms with Crippen molar-refractivity contribution in [3.63, 3.8) is 0 Å². The highest BCUT2D eigenvalue weighted by atomic mass is 16.3. The summed E-state index contributed by atoms with van der Waals surface area (Å²) in [6.45, 7) is 4.57. The van der Waals surface area contributed by atoms with E-state index in [1.165, 1.54) is 0 Å². The number of rotatable bonds is 5. The van der Waals surface area contributed by atoms with E-state index in [0.717, 1.165) is 32.1 Å². The molecule has 1 aliphatic rings. The Morgan fingerprint density at radius 2 is 1.80 bits per heavy atom. The van der Waals surface area contributed by atoms with Crippen LogP contribution < -0.4 is 5.32 Å². The Bertz CT molecular complexity index is 165. The molecule has 0 aromatic heterocycles. The molecule has 15 heavy (non-hydrogen) atoms. The van der Waals surface area contributed by atoms with Gasteiger partial charge in [0.15, 0.2) is 0 Å². The summed E-state index contributed by atoms with van der Waals surface area (Å²) in [5.41, 5.74) is 0. The normalized spacial score (nSPS) is 29.4. The summed E-state index contributed by atoms with van der Waals surface area (Å²) in [4.78, 5) is 0. The molecule has 1 rings (SSSR count). The van der Waals surface area contributed by atoms with Crippen molar-refractivity contribution >= 4 is 0 Å². The van der Waals surface area contributed by atoms with E-state index in [1.54, 1.807) is 0 Å². The second kappa shape index (κ2) is 6.46. The molecule has 3 N–H and O–H groups in total. The molecule has 0 aromatic rings. The summed E-state index contributed by atoms with van der Waals surface area (Å²) in [7, 11) is 0. The van der Waals surface area contributed by atoms with E-state index in [9.17, 15) is 10.2 Å². The third kappa shape index (κ3) is 4.96. The van der Waals surface area contributed by atoms with E-state index in [2.05, 4.69) is 19.2 Å². The van der Waals surface area contributed by atoms with E-state index in [0.29, 0.717) is 12.0 Å². The first-order chi connectivity index (χ1) is 7.11. The maximum atomic E-state index is 9.39. The van der Waals surface area contributed by atoms with Crippen molar-refractivity contribution < 1.29 is 10.2 Å². The first-order valence-corrected chi connectivity index (χ1v) is 6.16. The number of aliphatic hydroxyl groups is 2. The molecule has 0 saturated heterocycles. The molecule has 1 unspecified atom stereocenters. The molecule has 0 aromatic carbocycles. The largest absolute Gasteiger partial charge is 0.395 e. The highest BCUT2D eigenvalue weighted by molar-refractivity contribution is 4.80. The van der Waals surface area contributed by atoms with Gasteiger partial charge in [-0.15, -0.1) is 0 Å². The minimum Gasteiger partial charge on any atom is -0.395 e. The van der Waals surface area contributed by atoms with Gasteiger partial charge in [-0.25, -0.2) is 0 Å². The predicted octanol–water partition coefficient (Wildman–Crippen LogP) is 1.29. The van der Waals surface area contributed by atoms with Crippen LogP contribution in [0.2, 0.25) is 0 Å². The standard InChI is InChI=1S/C12H25NO2/c1-9(2)7-11(8-14)13-10-3-5-12(15)6-4-10/h9-15H,3-8H2,1-2H3. The van der Waals surface area contributed by atoms with Crippen LogP contribution >= 0.6 is 0 Å². The van der Waals surface area contributed by atoms with Crippen LogP contribution in [0.3, 0.4) is 0 Å². The lowest BCUT2D eigenvalue weighted by molar-refractivity contribution is 0.108. The molecule has 1 atom stereocenters. The first kappa shape index (κ1) is 12.9. The van der Waals surface area contributed by atoms with E-state index in [-0.39, 0.29) is 18.8 Å².